The van der Waals surface area contributed by atoms with Crippen LogP contribution in [0.2, 0.25) is 0 Å². The lowest BCUT2D eigenvalue weighted by molar-refractivity contribution is 0.235. The number of rotatable bonds is 4. The van der Waals surface area contributed by atoms with E-state index in [1.165, 1.54) is 37.9 Å². The number of nitrogens with one attached hydrogen (secondary N) is 1. The molecule has 0 radical (unpaired) electrons. The van der Waals surface area contributed by atoms with Crippen molar-refractivity contribution in [2.75, 3.05) is 26.7 Å². The van der Waals surface area contributed by atoms with Crippen LogP contribution in [0.25, 0.3) is 0 Å². The molecule has 2 rings (SSSR count). The van der Waals surface area contributed by atoms with Crippen molar-refractivity contribution in [1.29, 1.82) is 0 Å². The van der Waals surface area contributed by atoms with Crippen LogP contribution in [0.1, 0.15) is 18.4 Å². The molecule has 1 aromatic rings. The monoisotopic (exact) mass is 224 g/mol. The molecule has 2 nitrogen and oxygen atoms in total. The molecule has 0 saturated carbocycles. The predicted molar refractivity (Wildman–Crippen MR) is 66.5 cm³/mol. The second-order valence-corrected chi connectivity index (χ2v) is 5.19. The normalized spacial score (nSPS) is 19.5. The lowest BCUT2D eigenvalue weighted by Crippen LogP contribution is -2.41. The Balaban J connectivity index is 1.62. The number of nitrogens with zero attached hydrogens (tertiary/aromatic N) is 1. The molecule has 0 amide bonds. The van der Waals surface area contributed by atoms with E-state index in [1.54, 1.807) is 11.3 Å². The number of thiophene rings is 1. The predicted octanol–water partition coefficient (Wildman–Crippen LogP) is 1.97. The summed E-state index contributed by atoms with van der Waals surface area (Å²) in [5, 5.41) is 8.06. The van der Waals surface area contributed by atoms with E-state index in [0.29, 0.717) is 0 Å². The lowest BCUT2D eigenvalue weighted by atomic mass is 10.1. The molecule has 1 N–H and O–H groups in total. The van der Waals surface area contributed by atoms with Crippen molar-refractivity contribution < 1.29 is 0 Å². The maximum Gasteiger partial charge on any atom is 0.00915 e. The molecule has 0 bridgehead atoms. The Morgan fingerprint density at radius 3 is 2.93 bits per heavy atom. The first-order chi connectivity index (χ1) is 7.34. The van der Waals surface area contributed by atoms with Gasteiger partial charge >= 0.3 is 0 Å². The summed E-state index contributed by atoms with van der Waals surface area (Å²) < 4.78 is 0. The van der Waals surface area contributed by atoms with E-state index in [2.05, 4.69) is 34.1 Å². The first-order valence-electron chi connectivity index (χ1n) is 5.77. The summed E-state index contributed by atoms with van der Waals surface area (Å²) in [6, 6.07) is 2.97. The minimum absolute atomic E-state index is 0.750. The smallest absolute Gasteiger partial charge is 0.00915 e. The maximum absolute atomic E-state index is 3.66. The topological polar surface area (TPSA) is 15.3 Å². The number of hydrogen-bond acceptors (Lipinski definition) is 3. The van der Waals surface area contributed by atoms with Crippen LogP contribution in [-0.2, 0) is 6.42 Å². The van der Waals surface area contributed by atoms with E-state index in [4.69, 9.17) is 0 Å². The fourth-order valence-electron chi connectivity index (χ4n) is 2.07. The molecule has 15 heavy (non-hydrogen) atoms. The van der Waals surface area contributed by atoms with Crippen molar-refractivity contribution in [3.8, 4) is 0 Å². The highest BCUT2D eigenvalue weighted by Gasteiger charge is 2.15. The van der Waals surface area contributed by atoms with Gasteiger partial charge in [-0.2, -0.15) is 11.3 Å². The highest BCUT2D eigenvalue weighted by molar-refractivity contribution is 7.07. The molecule has 84 valence electrons. The van der Waals surface area contributed by atoms with E-state index in [9.17, 15) is 0 Å². The maximum atomic E-state index is 3.66. The largest absolute Gasteiger partial charge is 0.314 e. The van der Waals surface area contributed by atoms with Gasteiger partial charge in [-0.1, -0.05) is 0 Å². The molecule has 1 fully saturated rings. The Hall–Kier alpha value is -0.380. The van der Waals surface area contributed by atoms with Gasteiger partial charge in [0.15, 0.2) is 0 Å². The summed E-state index contributed by atoms with van der Waals surface area (Å²) in [5.41, 5.74) is 1.47. The van der Waals surface area contributed by atoms with Crippen LogP contribution >= 0.6 is 11.3 Å². The van der Waals surface area contributed by atoms with Crippen LogP contribution in [-0.4, -0.2) is 37.6 Å². The van der Waals surface area contributed by atoms with Gasteiger partial charge in [0.1, 0.15) is 0 Å². The quantitative estimate of drug-likeness (QED) is 0.841. The zero-order chi connectivity index (χ0) is 10.5. The van der Waals surface area contributed by atoms with Gasteiger partial charge in [-0.15, -0.1) is 0 Å². The van der Waals surface area contributed by atoms with Crippen LogP contribution < -0.4 is 5.32 Å². The van der Waals surface area contributed by atoms with Crippen molar-refractivity contribution in [1.82, 2.24) is 10.2 Å². The second-order valence-electron chi connectivity index (χ2n) is 4.41. The third-order valence-electron chi connectivity index (χ3n) is 3.15. The number of piperidine rings is 1. The Morgan fingerprint density at radius 2 is 2.27 bits per heavy atom. The van der Waals surface area contributed by atoms with Crippen LogP contribution in [0.5, 0.6) is 0 Å². The third-order valence-corrected chi connectivity index (χ3v) is 3.88. The summed E-state index contributed by atoms with van der Waals surface area (Å²) in [6.07, 6.45) is 3.79. The van der Waals surface area contributed by atoms with Gasteiger partial charge in [-0.25, -0.2) is 0 Å². The minimum Gasteiger partial charge on any atom is -0.314 e. The van der Waals surface area contributed by atoms with Crippen LogP contribution in [0.15, 0.2) is 16.8 Å². The zero-order valence-corrected chi connectivity index (χ0v) is 10.2. The zero-order valence-electron chi connectivity index (χ0n) is 9.41. The molecule has 0 aliphatic carbocycles. The summed E-state index contributed by atoms with van der Waals surface area (Å²) in [7, 11) is 2.21. The third kappa shape index (κ3) is 3.59. The number of likely N-dealkylation sites (tertiary alicyclic amines) is 1. The molecular formula is C12H20N2S. The van der Waals surface area contributed by atoms with Gasteiger partial charge in [-0.3, -0.25) is 0 Å². The highest BCUT2D eigenvalue weighted by Crippen LogP contribution is 2.09. The van der Waals surface area contributed by atoms with Crippen molar-refractivity contribution in [3.63, 3.8) is 0 Å². The first-order valence-corrected chi connectivity index (χ1v) is 6.72. The second kappa shape index (κ2) is 5.64. The molecule has 1 saturated heterocycles. The summed E-state index contributed by atoms with van der Waals surface area (Å²) >= 11 is 1.79. The number of hydrogen-bond donors (Lipinski definition) is 1. The lowest BCUT2D eigenvalue weighted by Gasteiger charge is -2.29. The molecular weight excluding hydrogens is 204 g/mol. The molecule has 0 atom stereocenters. The standard InChI is InChI=1S/C12H20N2S/c1-14-7-3-12(4-8-14)13-6-2-11-5-9-15-10-11/h5,9-10,12-13H,2-4,6-8H2,1H3. The summed E-state index contributed by atoms with van der Waals surface area (Å²) in [4.78, 5) is 2.41. The Kier molecular flexibility index (Phi) is 4.18. The van der Waals surface area contributed by atoms with Gasteiger partial charge in [-0.05, 0) is 68.3 Å². The Bertz CT molecular complexity index is 263. The van der Waals surface area contributed by atoms with E-state index < -0.39 is 0 Å². The van der Waals surface area contributed by atoms with Gasteiger partial charge in [0, 0.05) is 6.04 Å². The Labute approximate surface area is 96.3 Å². The Morgan fingerprint density at radius 1 is 1.47 bits per heavy atom. The first kappa shape index (κ1) is 11.1. The minimum atomic E-state index is 0.750. The molecule has 1 aliphatic heterocycles. The van der Waals surface area contributed by atoms with E-state index in [0.717, 1.165) is 12.6 Å². The van der Waals surface area contributed by atoms with Crippen molar-refractivity contribution in [2.45, 2.75) is 25.3 Å². The van der Waals surface area contributed by atoms with Crippen LogP contribution in [0, 0.1) is 0 Å². The average Bonchev–Trinajstić information content (AvgIpc) is 2.74. The van der Waals surface area contributed by atoms with Crippen molar-refractivity contribution in [3.05, 3.63) is 22.4 Å². The average molecular weight is 224 g/mol. The van der Waals surface area contributed by atoms with Crippen molar-refractivity contribution in [2.24, 2.45) is 0 Å². The summed E-state index contributed by atoms with van der Waals surface area (Å²) in [5.74, 6) is 0. The molecule has 1 aliphatic rings. The fourth-order valence-corrected chi connectivity index (χ4v) is 2.77. The fraction of sp³-hybridized carbons (Fsp3) is 0.667. The van der Waals surface area contributed by atoms with Crippen LogP contribution in [0.4, 0.5) is 0 Å². The van der Waals surface area contributed by atoms with E-state index in [-0.39, 0.29) is 0 Å². The van der Waals surface area contributed by atoms with Gasteiger partial charge in [0.2, 0.25) is 0 Å². The van der Waals surface area contributed by atoms with Gasteiger partial charge in [0.25, 0.3) is 0 Å². The summed E-state index contributed by atoms with van der Waals surface area (Å²) in [6.45, 7) is 3.62. The highest BCUT2D eigenvalue weighted by atomic mass is 32.1. The van der Waals surface area contributed by atoms with E-state index >= 15 is 0 Å². The molecule has 3 heteroatoms. The molecule has 0 aromatic carbocycles. The molecule has 1 aromatic heterocycles. The van der Waals surface area contributed by atoms with Crippen molar-refractivity contribution >= 4 is 11.3 Å². The molecule has 0 spiro atoms. The van der Waals surface area contributed by atoms with Crippen LogP contribution in [0.3, 0.4) is 0 Å². The molecule has 0 unspecified atom stereocenters. The van der Waals surface area contributed by atoms with Gasteiger partial charge in [0.05, 0.1) is 0 Å². The van der Waals surface area contributed by atoms with E-state index in [1.807, 2.05) is 0 Å². The van der Waals surface area contributed by atoms with Gasteiger partial charge < -0.3 is 10.2 Å². The SMILES string of the molecule is CN1CCC(NCCc2ccsc2)CC1. The molecule has 2 heterocycles.